The van der Waals surface area contributed by atoms with E-state index in [0.717, 1.165) is 5.56 Å². The van der Waals surface area contributed by atoms with Crippen LogP contribution in [0.2, 0.25) is 0 Å². The van der Waals surface area contributed by atoms with E-state index in [-0.39, 0.29) is 11.7 Å². The van der Waals surface area contributed by atoms with Crippen LogP contribution in [-0.2, 0) is 4.79 Å². The van der Waals surface area contributed by atoms with Crippen molar-refractivity contribution in [3.05, 3.63) is 71.5 Å². The van der Waals surface area contributed by atoms with Gasteiger partial charge >= 0.3 is 0 Å². The number of halogens is 1. The molecule has 2 rings (SSSR count). The number of nitrogens with one attached hydrogen (secondary N) is 1. The van der Waals surface area contributed by atoms with E-state index >= 15 is 0 Å². The Balaban J connectivity index is 2.07. The van der Waals surface area contributed by atoms with Crippen molar-refractivity contribution in [2.75, 3.05) is 0 Å². The summed E-state index contributed by atoms with van der Waals surface area (Å²) in [6.07, 6.45) is 0. The molecule has 0 radical (unpaired) electrons. The maximum atomic E-state index is 13.6. The fourth-order valence-corrected chi connectivity index (χ4v) is 2.02. The number of hydrogen-bond donors (Lipinski definition) is 2. The molecule has 2 aromatic carbocycles. The van der Waals surface area contributed by atoms with Gasteiger partial charge in [-0.15, -0.1) is 0 Å². The number of rotatable bonds is 4. The highest BCUT2D eigenvalue weighted by molar-refractivity contribution is 5.83. The van der Waals surface area contributed by atoms with Gasteiger partial charge in [0.1, 0.15) is 11.9 Å². The first kappa shape index (κ1) is 14.2. The maximum Gasteiger partial charge on any atom is 0.241 e. The minimum atomic E-state index is -0.759. The van der Waals surface area contributed by atoms with Crippen molar-refractivity contribution in [1.29, 1.82) is 0 Å². The van der Waals surface area contributed by atoms with Gasteiger partial charge in [0.15, 0.2) is 0 Å². The van der Waals surface area contributed by atoms with Crippen molar-refractivity contribution in [1.82, 2.24) is 5.32 Å². The third kappa shape index (κ3) is 3.22. The Hall–Kier alpha value is -2.20. The van der Waals surface area contributed by atoms with Crippen molar-refractivity contribution in [2.45, 2.75) is 19.0 Å². The van der Waals surface area contributed by atoms with Crippen LogP contribution in [0.1, 0.15) is 30.1 Å². The highest BCUT2D eigenvalue weighted by Gasteiger charge is 2.19. The first-order chi connectivity index (χ1) is 9.59. The summed E-state index contributed by atoms with van der Waals surface area (Å²) in [5.41, 5.74) is 7.07. The van der Waals surface area contributed by atoms with E-state index in [4.69, 9.17) is 5.73 Å². The van der Waals surface area contributed by atoms with E-state index < -0.39 is 12.1 Å². The molecule has 0 fully saturated rings. The Morgan fingerprint density at radius 3 is 2.35 bits per heavy atom. The maximum absolute atomic E-state index is 13.6. The Labute approximate surface area is 117 Å². The minimum absolute atomic E-state index is 0.327. The van der Waals surface area contributed by atoms with Crippen LogP contribution in [0, 0.1) is 5.82 Å². The monoisotopic (exact) mass is 272 g/mol. The van der Waals surface area contributed by atoms with Gasteiger partial charge in [0.2, 0.25) is 5.91 Å². The van der Waals surface area contributed by atoms with E-state index in [9.17, 15) is 9.18 Å². The van der Waals surface area contributed by atoms with Crippen molar-refractivity contribution in [3.8, 4) is 0 Å². The van der Waals surface area contributed by atoms with E-state index in [0.29, 0.717) is 5.56 Å². The zero-order valence-corrected chi connectivity index (χ0v) is 11.2. The smallest absolute Gasteiger partial charge is 0.241 e. The van der Waals surface area contributed by atoms with Gasteiger partial charge in [0.05, 0.1) is 6.04 Å². The van der Waals surface area contributed by atoms with Gasteiger partial charge in [-0.1, -0.05) is 48.5 Å². The Morgan fingerprint density at radius 1 is 1.10 bits per heavy atom. The molecule has 2 aromatic rings. The summed E-state index contributed by atoms with van der Waals surface area (Å²) in [6.45, 7) is 1.73. The molecule has 0 aliphatic carbocycles. The molecule has 0 unspecified atom stereocenters. The molecule has 3 N–H and O–H groups in total. The topological polar surface area (TPSA) is 55.1 Å². The van der Waals surface area contributed by atoms with Crippen LogP contribution in [-0.4, -0.2) is 5.91 Å². The Kier molecular flexibility index (Phi) is 4.48. The number of hydrogen-bond acceptors (Lipinski definition) is 2. The zero-order valence-electron chi connectivity index (χ0n) is 11.2. The lowest BCUT2D eigenvalue weighted by Gasteiger charge is -2.18. The van der Waals surface area contributed by atoms with Crippen molar-refractivity contribution >= 4 is 5.91 Å². The number of amides is 1. The number of carbonyl (C=O) groups excluding carboxylic acids is 1. The van der Waals surface area contributed by atoms with Gasteiger partial charge in [-0.3, -0.25) is 4.79 Å². The van der Waals surface area contributed by atoms with E-state index in [1.54, 1.807) is 37.3 Å². The van der Waals surface area contributed by atoms with E-state index in [1.807, 2.05) is 18.2 Å². The Bertz CT molecular complexity index is 586. The van der Waals surface area contributed by atoms with Crippen LogP contribution in [0.25, 0.3) is 0 Å². The fourth-order valence-electron chi connectivity index (χ4n) is 2.02. The second-order valence-corrected chi connectivity index (χ2v) is 4.64. The first-order valence-electron chi connectivity index (χ1n) is 6.45. The quantitative estimate of drug-likeness (QED) is 0.899. The standard InChI is InChI=1S/C16H17FN2O/c1-11(13-9-5-6-10-14(13)17)19-16(20)15(18)12-7-3-2-4-8-12/h2-11,15H,18H2,1H3,(H,19,20)/t11-,15+/m1/s1. The van der Waals surface area contributed by atoms with Crippen LogP contribution in [0.4, 0.5) is 4.39 Å². The van der Waals surface area contributed by atoms with Gasteiger partial charge < -0.3 is 11.1 Å². The number of nitrogens with two attached hydrogens (primary N) is 1. The molecular formula is C16H17FN2O. The largest absolute Gasteiger partial charge is 0.348 e. The summed E-state index contributed by atoms with van der Waals surface area (Å²) in [6, 6.07) is 14.3. The van der Waals surface area contributed by atoms with E-state index in [1.165, 1.54) is 6.07 Å². The molecule has 0 spiro atoms. The van der Waals surface area contributed by atoms with Gasteiger partial charge in [-0.2, -0.15) is 0 Å². The van der Waals surface area contributed by atoms with Crippen LogP contribution in [0.3, 0.4) is 0 Å². The Morgan fingerprint density at radius 2 is 1.70 bits per heavy atom. The molecule has 3 nitrogen and oxygen atoms in total. The lowest BCUT2D eigenvalue weighted by atomic mass is 10.0. The molecule has 0 bridgehead atoms. The highest BCUT2D eigenvalue weighted by atomic mass is 19.1. The molecule has 0 saturated carbocycles. The molecule has 0 aliphatic rings. The second kappa shape index (κ2) is 6.30. The molecule has 4 heteroatoms. The molecule has 0 aliphatic heterocycles. The molecule has 0 aromatic heterocycles. The third-order valence-corrected chi connectivity index (χ3v) is 3.17. The SMILES string of the molecule is C[C@@H](NC(=O)[C@@H](N)c1ccccc1)c1ccccc1F. The lowest BCUT2D eigenvalue weighted by Crippen LogP contribution is -2.35. The summed E-state index contributed by atoms with van der Waals surface area (Å²) >= 11 is 0. The second-order valence-electron chi connectivity index (χ2n) is 4.64. The van der Waals surface area contributed by atoms with Crippen LogP contribution in [0.5, 0.6) is 0 Å². The molecule has 104 valence electrons. The minimum Gasteiger partial charge on any atom is -0.348 e. The van der Waals surface area contributed by atoms with Gasteiger partial charge in [0.25, 0.3) is 0 Å². The summed E-state index contributed by atoms with van der Waals surface area (Å²) < 4.78 is 13.6. The highest BCUT2D eigenvalue weighted by Crippen LogP contribution is 2.17. The molecule has 20 heavy (non-hydrogen) atoms. The van der Waals surface area contributed by atoms with Crippen LogP contribution < -0.4 is 11.1 Å². The normalized spacial score (nSPS) is 13.6. The molecule has 0 heterocycles. The zero-order chi connectivity index (χ0) is 14.5. The van der Waals surface area contributed by atoms with Crippen molar-refractivity contribution in [2.24, 2.45) is 5.73 Å². The molecule has 1 amide bonds. The summed E-state index contributed by atoms with van der Waals surface area (Å²) in [7, 11) is 0. The summed E-state index contributed by atoms with van der Waals surface area (Å²) in [5, 5.41) is 2.73. The fraction of sp³-hybridized carbons (Fsp3) is 0.188. The van der Waals surface area contributed by atoms with Crippen molar-refractivity contribution < 1.29 is 9.18 Å². The van der Waals surface area contributed by atoms with Gasteiger partial charge in [-0.05, 0) is 18.6 Å². The van der Waals surface area contributed by atoms with E-state index in [2.05, 4.69) is 5.32 Å². The summed E-state index contributed by atoms with van der Waals surface area (Å²) in [4.78, 5) is 12.1. The van der Waals surface area contributed by atoms with Gasteiger partial charge in [-0.25, -0.2) is 4.39 Å². The molecule has 2 atom stereocenters. The number of benzene rings is 2. The molecular weight excluding hydrogens is 255 g/mol. The van der Waals surface area contributed by atoms with Crippen LogP contribution >= 0.6 is 0 Å². The third-order valence-electron chi connectivity index (χ3n) is 3.17. The summed E-state index contributed by atoms with van der Waals surface area (Å²) in [5.74, 6) is -0.666. The number of carbonyl (C=O) groups is 1. The predicted octanol–water partition coefficient (Wildman–Crippen LogP) is 2.70. The molecule has 0 saturated heterocycles. The lowest BCUT2D eigenvalue weighted by molar-refractivity contribution is -0.123. The van der Waals surface area contributed by atoms with Crippen LogP contribution in [0.15, 0.2) is 54.6 Å². The first-order valence-corrected chi connectivity index (χ1v) is 6.45. The van der Waals surface area contributed by atoms with Gasteiger partial charge in [0, 0.05) is 5.56 Å². The average molecular weight is 272 g/mol. The predicted molar refractivity (Wildman–Crippen MR) is 76.3 cm³/mol. The van der Waals surface area contributed by atoms with Crippen molar-refractivity contribution in [3.63, 3.8) is 0 Å². The average Bonchev–Trinajstić information content (AvgIpc) is 2.47.